The molecule has 0 aromatic carbocycles. The van der Waals surface area contributed by atoms with Gasteiger partial charge < -0.3 is 0 Å². The minimum absolute atomic E-state index is 0.436. The fourth-order valence-electron chi connectivity index (χ4n) is 1.34. The van der Waals surface area contributed by atoms with Gasteiger partial charge in [-0.2, -0.15) is 0 Å². The van der Waals surface area contributed by atoms with Crippen molar-refractivity contribution in [1.29, 1.82) is 0 Å². The number of hydrogen-bond acceptors (Lipinski definition) is 2. The second-order valence-electron chi connectivity index (χ2n) is 3.36. The molecular weight excluding hydrogens is 356 g/mol. The molecule has 2 aromatic rings. The second-order valence-corrected chi connectivity index (χ2v) is 7.90. The monoisotopic (exact) mass is 364 g/mol. The van der Waals surface area contributed by atoms with Crippen molar-refractivity contribution in [3.8, 4) is 0 Å². The summed E-state index contributed by atoms with van der Waals surface area (Å²) in [5, 5.41) is 2.13. The summed E-state index contributed by atoms with van der Waals surface area (Å²) < 4.78 is 1.24. The Labute approximate surface area is 115 Å². The van der Waals surface area contributed by atoms with Gasteiger partial charge >= 0.3 is 0 Å². The highest BCUT2D eigenvalue weighted by Crippen LogP contribution is 2.37. The van der Waals surface area contributed by atoms with E-state index in [9.17, 15) is 0 Å². The van der Waals surface area contributed by atoms with Crippen LogP contribution in [0.25, 0.3) is 0 Å². The summed E-state index contributed by atoms with van der Waals surface area (Å²) in [6.07, 6.45) is 1.07. The van der Waals surface area contributed by atoms with E-state index < -0.39 is 0 Å². The third-order valence-electron chi connectivity index (χ3n) is 2.15. The molecule has 0 saturated heterocycles. The molecule has 0 aliphatic carbocycles. The standard InChI is InChI=1S/C11H10Br2S2/c1-7-5-10(15-11(7)13)9(12)6-8-3-2-4-14-8/h2-5,9H,6H2,1H3. The van der Waals surface area contributed by atoms with Crippen LogP contribution >= 0.6 is 54.5 Å². The molecule has 0 saturated carbocycles. The van der Waals surface area contributed by atoms with Gasteiger partial charge in [0, 0.05) is 9.75 Å². The van der Waals surface area contributed by atoms with Gasteiger partial charge in [0.2, 0.25) is 0 Å². The molecule has 0 N–H and O–H groups in total. The maximum absolute atomic E-state index is 3.75. The van der Waals surface area contributed by atoms with Crippen molar-refractivity contribution >= 4 is 54.5 Å². The van der Waals surface area contributed by atoms with Gasteiger partial charge in [0.1, 0.15) is 0 Å². The molecular formula is C11H10Br2S2. The van der Waals surface area contributed by atoms with E-state index in [1.165, 1.54) is 19.1 Å². The topological polar surface area (TPSA) is 0 Å². The van der Waals surface area contributed by atoms with E-state index in [2.05, 4.69) is 62.4 Å². The quantitative estimate of drug-likeness (QED) is 0.624. The molecule has 4 heteroatoms. The molecule has 0 fully saturated rings. The van der Waals surface area contributed by atoms with Crippen molar-refractivity contribution in [3.05, 3.63) is 42.7 Å². The first-order valence-corrected chi connectivity index (χ1v) is 7.99. The Balaban J connectivity index is 2.11. The zero-order chi connectivity index (χ0) is 10.8. The molecule has 0 radical (unpaired) electrons. The number of halogens is 2. The largest absolute Gasteiger partial charge is 0.149 e. The fourth-order valence-corrected chi connectivity index (χ4v) is 4.62. The van der Waals surface area contributed by atoms with Gasteiger partial charge in [0.15, 0.2) is 0 Å². The third kappa shape index (κ3) is 2.93. The summed E-state index contributed by atoms with van der Waals surface area (Å²) in [7, 11) is 0. The van der Waals surface area contributed by atoms with E-state index in [0.29, 0.717) is 4.83 Å². The fraction of sp³-hybridized carbons (Fsp3) is 0.273. The van der Waals surface area contributed by atoms with Crippen molar-refractivity contribution in [1.82, 2.24) is 0 Å². The van der Waals surface area contributed by atoms with Gasteiger partial charge in [0.25, 0.3) is 0 Å². The van der Waals surface area contributed by atoms with Crippen LogP contribution < -0.4 is 0 Å². The van der Waals surface area contributed by atoms with E-state index in [-0.39, 0.29) is 0 Å². The molecule has 2 rings (SSSR count). The highest BCUT2D eigenvalue weighted by Gasteiger charge is 2.13. The zero-order valence-corrected chi connectivity index (χ0v) is 13.0. The summed E-state index contributed by atoms with van der Waals surface area (Å²) in [5.41, 5.74) is 1.32. The average Bonchev–Trinajstić information content (AvgIpc) is 2.78. The Morgan fingerprint density at radius 3 is 2.80 bits per heavy atom. The lowest BCUT2D eigenvalue weighted by Crippen LogP contribution is -1.89. The summed E-state index contributed by atoms with van der Waals surface area (Å²) >= 11 is 11.0. The van der Waals surface area contributed by atoms with Gasteiger partial charge in [-0.3, -0.25) is 0 Å². The molecule has 0 bridgehead atoms. The van der Waals surface area contributed by atoms with Gasteiger partial charge in [-0.25, -0.2) is 0 Å². The van der Waals surface area contributed by atoms with Crippen molar-refractivity contribution in [2.45, 2.75) is 18.2 Å². The third-order valence-corrected chi connectivity index (χ3v) is 6.41. The van der Waals surface area contributed by atoms with Crippen molar-refractivity contribution in [2.24, 2.45) is 0 Å². The maximum atomic E-state index is 3.75. The normalized spacial score (nSPS) is 13.0. The van der Waals surface area contributed by atoms with Crippen LogP contribution in [0.4, 0.5) is 0 Å². The summed E-state index contributed by atoms with van der Waals surface area (Å²) in [5.74, 6) is 0. The number of aryl methyl sites for hydroxylation is 1. The van der Waals surface area contributed by atoms with E-state index in [1.54, 1.807) is 0 Å². The van der Waals surface area contributed by atoms with Crippen LogP contribution in [0.1, 0.15) is 20.1 Å². The van der Waals surface area contributed by atoms with Crippen LogP contribution in [0.15, 0.2) is 27.4 Å². The number of alkyl halides is 1. The lowest BCUT2D eigenvalue weighted by Gasteiger charge is -2.04. The lowest BCUT2D eigenvalue weighted by atomic mass is 10.2. The number of hydrogen-bond donors (Lipinski definition) is 0. The molecule has 0 nitrogen and oxygen atoms in total. The summed E-state index contributed by atoms with van der Waals surface area (Å²) in [6, 6.07) is 6.55. The number of thiophene rings is 2. The summed E-state index contributed by atoms with van der Waals surface area (Å²) in [4.78, 5) is 3.26. The second kappa shape index (κ2) is 5.13. The molecule has 15 heavy (non-hydrogen) atoms. The molecule has 2 heterocycles. The highest BCUT2D eigenvalue weighted by molar-refractivity contribution is 9.11. The van der Waals surface area contributed by atoms with E-state index >= 15 is 0 Å². The Morgan fingerprint density at radius 2 is 2.27 bits per heavy atom. The first-order valence-electron chi connectivity index (χ1n) is 4.59. The van der Waals surface area contributed by atoms with Gasteiger partial charge in [-0.1, -0.05) is 22.0 Å². The molecule has 0 amide bonds. The Bertz CT molecular complexity index is 412. The summed E-state index contributed by atoms with van der Waals surface area (Å²) in [6.45, 7) is 2.13. The van der Waals surface area contributed by atoms with Crippen molar-refractivity contribution in [2.75, 3.05) is 0 Å². The smallest absolute Gasteiger partial charge is 0.0730 e. The lowest BCUT2D eigenvalue weighted by molar-refractivity contribution is 0.991. The van der Waals surface area contributed by atoms with Gasteiger partial charge in [-0.15, -0.1) is 22.7 Å². The van der Waals surface area contributed by atoms with Crippen molar-refractivity contribution < 1.29 is 0 Å². The van der Waals surface area contributed by atoms with Crippen LogP contribution in [0.2, 0.25) is 0 Å². The Hall–Kier alpha value is 0.360. The van der Waals surface area contributed by atoms with Gasteiger partial charge in [0.05, 0.1) is 8.61 Å². The van der Waals surface area contributed by atoms with E-state index in [0.717, 1.165) is 6.42 Å². The minimum Gasteiger partial charge on any atom is -0.149 e. The van der Waals surface area contributed by atoms with Crippen LogP contribution in [-0.2, 0) is 6.42 Å². The molecule has 0 aliphatic heterocycles. The van der Waals surface area contributed by atoms with Crippen LogP contribution in [-0.4, -0.2) is 0 Å². The van der Waals surface area contributed by atoms with Crippen LogP contribution in [0.5, 0.6) is 0 Å². The van der Waals surface area contributed by atoms with Gasteiger partial charge in [-0.05, 0) is 52.4 Å². The first kappa shape index (κ1) is 11.8. The molecule has 80 valence electrons. The zero-order valence-electron chi connectivity index (χ0n) is 8.17. The minimum atomic E-state index is 0.436. The van der Waals surface area contributed by atoms with Crippen molar-refractivity contribution in [3.63, 3.8) is 0 Å². The highest BCUT2D eigenvalue weighted by atomic mass is 79.9. The molecule has 0 spiro atoms. The maximum Gasteiger partial charge on any atom is 0.0730 e. The Kier molecular flexibility index (Phi) is 4.04. The molecule has 1 unspecified atom stereocenters. The molecule has 1 atom stereocenters. The van der Waals surface area contributed by atoms with E-state index in [4.69, 9.17) is 0 Å². The molecule has 0 aliphatic rings. The average molecular weight is 366 g/mol. The van der Waals surface area contributed by atoms with Crippen LogP contribution in [0, 0.1) is 6.92 Å². The first-order chi connectivity index (χ1) is 7.16. The number of rotatable bonds is 3. The predicted molar refractivity (Wildman–Crippen MR) is 76.4 cm³/mol. The van der Waals surface area contributed by atoms with Crippen LogP contribution in [0.3, 0.4) is 0 Å². The predicted octanol–water partition coefficient (Wildman–Crippen LogP) is 5.56. The Morgan fingerprint density at radius 1 is 1.47 bits per heavy atom. The SMILES string of the molecule is Cc1cc(C(Br)Cc2cccs2)sc1Br. The molecule has 2 aromatic heterocycles. The van der Waals surface area contributed by atoms with E-state index in [1.807, 2.05) is 22.7 Å².